The minimum atomic E-state index is 0. The summed E-state index contributed by atoms with van der Waals surface area (Å²) in [4.78, 5) is 23.2. The Hall–Kier alpha value is -1.51. The average Bonchev–Trinajstić information content (AvgIpc) is 2.26. The van der Waals surface area contributed by atoms with Crippen LogP contribution in [-0.4, -0.2) is 20.4 Å². The fourth-order valence-electron chi connectivity index (χ4n) is 0.470. The molecular formula is C11H10FeO3. The van der Waals surface area contributed by atoms with E-state index in [4.69, 9.17) is 14.4 Å². The zero-order valence-corrected chi connectivity index (χ0v) is 8.96. The molecular weight excluding hydrogens is 236 g/mol. The van der Waals surface area contributed by atoms with Crippen molar-refractivity contribution in [1.82, 2.24) is 0 Å². The maximum Gasteiger partial charge on any atom is 4.00 e. The first-order valence-electron chi connectivity index (χ1n) is 3.28. The third-order valence-electron chi connectivity index (χ3n) is 0.829. The van der Waals surface area contributed by atoms with Crippen LogP contribution in [-0.2, 0) is 31.5 Å². The van der Waals surface area contributed by atoms with Crippen LogP contribution in [0.2, 0.25) is 0 Å². The largest absolute Gasteiger partial charge is 4.00 e. The number of hydrogen-bond donors (Lipinski definition) is 0. The van der Waals surface area contributed by atoms with E-state index in [0.29, 0.717) is 0 Å². The molecule has 0 atom stereocenters. The minimum absolute atomic E-state index is 0. The van der Waals surface area contributed by atoms with Gasteiger partial charge in [0.1, 0.15) is 0 Å². The van der Waals surface area contributed by atoms with Crippen LogP contribution in [0.25, 0.3) is 0 Å². The normalized spacial score (nSPS) is 9.33. The molecule has 1 rings (SSSR count). The first kappa shape index (κ1) is 23.4. The molecule has 3 nitrogen and oxygen atoms in total. The summed E-state index contributed by atoms with van der Waals surface area (Å²) in [6.07, 6.45) is 16.5. The summed E-state index contributed by atoms with van der Waals surface area (Å²) < 4.78 is 0. The zero-order valence-electron chi connectivity index (χ0n) is 7.85. The van der Waals surface area contributed by atoms with Crippen LogP contribution < -0.4 is 0 Å². The molecule has 0 aromatic carbocycles. The van der Waals surface area contributed by atoms with E-state index in [0.717, 1.165) is 0 Å². The van der Waals surface area contributed by atoms with Crippen molar-refractivity contribution in [2.24, 2.45) is 0 Å². The van der Waals surface area contributed by atoms with Crippen molar-refractivity contribution in [3.8, 4) is 0 Å². The van der Waals surface area contributed by atoms with E-state index in [2.05, 4.69) is 26.4 Å². The quantitative estimate of drug-likeness (QED) is 0.366. The summed E-state index contributed by atoms with van der Waals surface area (Å²) in [5, 5.41) is 0. The predicted molar refractivity (Wildman–Crippen MR) is 55.5 cm³/mol. The van der Waals surface area contributed by atoms with E-state index in [-0.39, 0.29) is 17.1 Å². The second kappa shape index (κ2) is 39.1. The molecule has 15 heavy (non-hydrogen) atoms. The first-order valence-corrected chi connectivity index (χ1v) is 3.28. The SMILES string of the molecule is [C-]1=CC=CC=CC=C1.[CH-]=O.[CH-]=O.[CH-]=O.[Fe+4]. The summed E-state index contributed by atoms with van der Waals surface area (Å²) in [5.74, 6) is 0. The van der Waals surface area contributed by atoms with Crippen molar-refractivity contribution in [3.63, 3.8) is 0 Å². The van der Waals surface area contributed by atoms with Gasteiger partial charge < -0.3 is 14.4 Å². The maximum atomic E-state index is 7.75. The average molecular weight is 246 g/mol. The van der Waals surface area contributed by atoms with Gasteiger partial charge in [-0.1, -0.05) is 6.08 Å². The summed E-state index contributed by atoms with van der Waals surface area (Å²) in [6, 6.07) is 0. The monoisotopic (exact) mass is 246 g/mol. The van der Waals surface area contributed by atoms with Crippen LogP contribution in [0, 0.1) is 6.08 Å². The fraction of sp³-hybridized carbons (Fsp3) is 0. The van der Waals surface area contributed by atoms with Crippen molar-refractivity contribution in [1.29, 1.82) is 0 Å². The topological polar surface area (TPSA) is 51.2 Å². The molecule has 1 aliphatic rings. The van der Waals surface area contributed by atoms with E-state index in [9.17, 15) is 0 Å². The first-order chi connectivity index (χ1) is 7.00. The van der Waals surface area contributed by atoms with Gasteiger partial charge in [0.25, 0.3) is 0 Å². The second-order valence-electron chi connectivity index (χ2n) is 1.46. The van der Waals surface area contributed by atoms with Gasteiger partial charge >= 0.3 is 17.1 Å². The molecule has 0 saturated heterocycles. The smallest absolute Gasteiger partial charge is 0.545 e. The molecule has 4 heteroatoms. The molecule has 0 aromatic heterocycles. The Morgan fingerprint density at radius 3 is 1.60 bits per heavy atom. The van der Waals surface area contributed by atoms with Crippen LogP contribution in [0.5, 0.6) is 0 Å². The van der Waals surface area contributed by atoms with E-state index in [1.165, 1.54) is 0 Å². The summed E-state index contributed by atoms with van der Waals surface area (Å²) in [5.41, 5.74) is 0. The van der Waals surface area contributed by atoms with E-state index >= 15 is 0 Å². The molecule has 0 bridgehead atoms. The Kier molecular flexibility index (Phi) is 61.0. The van der Waals surface area contributed by atoms with Gasteiger partial charge in [0.05, 0.1) is 0 Å². The van der Waals surface area contributed by atoms with Gasteiger partial charge in [0.15, 0.2) is 0 Å². The van der Waals surface area contributed by atoms with Crippen molar-refractivity contribution in [2.45, 2.75) is 0 Å². The van der Waals surface area contributed by atoms with Gasteiger partial charge in [0.2, 0.25) is 0 Å². The molecule has 0 radical (unpaired) electrons. The third-order valence-corrected chi connectivity index (χ3v) is 0.829. The van der Waals surface area contributed by atoms with Gasteiger partial charge in [0, 0.05) is 0 Å². The molecule has 1 aliphatic carbocycles. The zero-order chi connectivity index (χ0) is 11.7. The number of hydrogen-bond acceptors (Lipinski definition) is 3. The summed E-state index contributed by atoms with van der Waals surface area (Å²) in [7, 11) is 0. The van der Waals surface area contributed by atoms with Crippen LogP contribution >= 0.6 is 0 Å². The molecule has 0 aliphatic heterocycles. The number of rotatable bonds is 0. The van der Waals surface area contributed by atoms with Crippen molar-refractivity contribution in [2.75, 3.05) is 0 Å². The molecule has 0 heterocycles. The third kappa shape index (κ3) is 32.6. The van der Waals surface area contributed by atoms with Crippen LogP contribution in [0.3, 0.4) is 0 Å². The van der Waals surface area contributed by atoms with Crippen molar-refractivity contribution >= 4 is 20.4 Å². The fourth-order valence-corrected chi connectivity index (χ4v) is 0.470. The molecule has 0 N–H and O–H groups in total. The molecule has 0 spiro atoms. The van der Waals surface area contributed by atoms with Gasteiger partial charge in [-0.3, -0.25) is 20.4 Å². The number of allylic oxidation sites excluding steroid dienone is 8. The van der Waals surface area contributed by atoms with E-state index < -0.39 is 0 Å². The maximum absolute atomic E-state index is 7.75. The molecule has 0 aromatic rings. The van der Waals surface area contributed by atoms with E-state index in [1.54, 1.807) is 0 Å². The van der Waals surface area contributed by atoms with Crippen molar-refractivity contribution < 1.29 is 31.5 Å². The minimum Gasteiger partial charge on any atom is -0.545 e. The molecule has 0 fully saturated rings. The van der Waals surface area contributed by atoms with Gasteiger partial charge in [-0.25, -0.2) is 0 Å². The van der Waals surface area contributed by atoms with Crippen molar-refractivity contribution in [3.05, 3.63) is 48.6 Å². The van der Waals surface area contributed by atoms with Crippen LogP contribution in [0.15, 0.2) is 42.5 Å². The Morgan fingerprint density at radius 1 is 0.667 bits per heavy atom. The van der Waals surface area contributed by atoms with E-state index in [1.807, 2.05) is 42.5 Å². The predicted octanol–water partition coefficient (Wildman–Crippen LogP) is 1.20. The van der Waals surface area contributed by atoms with Gasteiger partial charge in [-0.05, 0) is 0 Å². The molecule has 0 amide bonds. The Balaban J connectivity index is -0.0000000755. The Morgan fingerprint density at radius 2 is 1.07 bits per heavy atom. The Bertz CT molecular complexity index is 147. The van der Waals surface area contributed by atoms with Gasteiger partial charge in [-0.15, -0.1) is 12.2 Å². The van der Waals surface area contributed by atoms with Crippen LogP contribution in [0.4, 0.5) is 0 Å². The van der Waals surface area contributed by atoms with Crippen LogP contribution in [0.1, 0.15) is 0 Å². The van der Waals surface area contributed by atoms with Gasteiger partial charge in [-0.2, -0.15) is 30.4 Å². The molecule has 0 saturated carbocycles. The summed E-state index contributed by atoms with van der Waals surface area (Å²) >= 11 is 0. The standard InChI is InChI=1S/C8H7.3CHO.Fe/c1-2-4-6-8-7-5-3-1;3*1-2;/h1-7H;3*1H;/q4*-1;+4. The Labute approximate surface area is 101 Å². The molecule has 0 unspecified atom stereocenters. The summed E-state index contributed by atoms with van der Waals surface area (Å²) in [6.45, 7) is 9.75. The second-order valence-corrected chi connectivity index (χ2v) is 1.46. The number of carbonyl (C=O) groups excluding carboxylic acids is 3. The molecule has 80 valence electrons.